The van der Waals surface area contributed by atoms with Gasteiger partial charge in [0.15, 0.2) is 16.0 Å². The van der Waals surface area contributed by atoms with E-state index in [1.54, 1.807) is 30.3 Å². The molecule has 3 aromatic rings. The molecule has 6 nitrogen and oxygen atoms in total. The fraction of sp³-hybridized carbons (Fsp3) is 0.304. The zero-order valence-corrected chi connectivity index (χ0v) is 18.6. The molecule has 1 aromatic carbocycles. The second-order valence-corrected chi connectivity index (χ2v) is 8.77. The molecule has 174 valence electrons. The van der Waals surface area contributed by atoms with Gasteiger partial charge >= 0.3 is 6.18 Å². The lowest BCUT2D eigenvalue weighted by Crippen LogP contribution is -2.23. The standard InChI is InChI=1S/C23H24F3N5OS/c24-23(25,26)18-11-12-20-30-22(18)17-8-2-1-6-16(17)7-3-4-13-27-14-15-28-19-9-5-10-21(29-19)33(32)31-20/h1-2,5-6,8-12,27H,3-4,7,13-15H2,(H,28,29)(H,30,31). The normalized spacial score (nSPS) is 17.6. The summed E-state index contributed by atoms with van der Waals surface area (Å²) < 4.78 is 57.0. The Labute approximate surface area is 192 Å². The summed E-state index contributed by atoms with van der Waals surface area (Å²) in [6.07, 6.45) is -2.23. The summed E-state index contributed by atoms with van der Waals surface area (Å²) in [5.41, 5.74) is 0.220. The Bertz CT molecular complexity index is 1140. The Kier molecular flexibility index (Phi) is 7.24. The van der Waals surface area contributed by atoms with Crippen LogP contribution in [-0.2, 0) is 23.6 Å². The molecular formula is C23H24F3N5OS. The molecule has 1 aliphatic heterocycles. The van der Waals surface area contributed by atoms with E-state index in [1.807, 2.05) is 12.1 Å². The van der Waals surface area contributed by atoms with Gasteiger partial charge in [-0.1, -0.05) is 30.3 Å². The zero-order chi connectivity index (χ0) is 23.3. The number of benzene rings is 1. The lowest BCUT2D eigenvalue weighted by molar-refractivity contribution is -0.137. The average molecular weight is 476 g/mol. The number of halogens is 3. The topological polar surface area (TPSA) is 78.9 Å². The van der Waals surface area contributed by atoms with Crippen molar-refractivity contribution in [3.63, 3.8) is 0 Å². The predicted octanol–water partition coefficient (Wildman–Crippen LogP) is 4.63. The molecule has 0 radical (unpaired) electrons. The molecule has 0 amide bonds. The van der Waals surface area contributed by atoms with Crippen molar-refractivity contribution in [1.29, 1.82) is 0 Å². The molecule has 0 saturated heterocycles. The number of aromatic nitrogens is 2. The molecule has 0 saturated carbocycles. The first-order chi connectivity index (χ1) is 15.9. The van der Waals surface area contributed by atoms with Gasteiger partial charge in [-0.3, -0.25) is 4.72 Å². The second-order valence-electron chi connectivity index (χ2n) is 7.61. The molecule has 4 rings (SSSR count). The van der Waals surface area contributed by atoms with Crippen molar-refractivity contribution in [1.82, 2.24) is 15.3 Å². The number of hydrogen-bond donors (Lipinski definition) is 3. The summed E-state index contributed by atoms with van der Waals surface area (Å²) in [5.74, 6) is 0.650. The van der Waals surface area contributed by atoms with E-state index >= 15 is 0 Å². The Morgan fingerprint density at radius 1 is 0.848 bits per heavy atom. The van der Waals surface area contributed by atoms with E-state index in [4.69, 9.17) is 0 Å². The van der Waals surface area contributed by atoms with Gasteiger partial charge < -0.3 is 10.6 Å². The van der Waals surface area contributed by atoms with E-state index in [9.17, 15) is 17.4 Å². The number of alkyl halides is 3. The Hall–Kier alpha value is -2.98. The van der Waals surface area contributed by atoms with E-state index < -0.39 is 22.7 Å². The number of hydrogen-bond acceptors (Lipinski definition) is 5. The molecule has 4 bridgehead atoms. The number of nitrogens with zero attached hydrogens (tertiary/aromatic N) is 2. The molecule has 3 heterocycles. The van der Waals surface area contributed by atoms with Crippen LogP contribution < -0.4 is 15.4 Å². The first-order valence-electron chi connectivity index (χ1n) is 10.7. The molecule has 0 aliphatic carbocycles. The highest BCUT2D eigenvalue weighted by molar-refractivity contribution is 7.86. The Morgan fingerprint density at radius 2 is 1.70 bits per heavy atom. The third-order valence-electron chi connectivity index (χ3n) is 5.24. The molecule has 3 N–H and O–H groups in total. The number of aryl methyl sites for hydroxylation is 1. The molecule has 1 aliphatic rings. The van der Waals surface area contributed by atoms with E-state index in [0.717, 1.165) is 37.6 Å². The van der Waals surface area contributed by atoms with Gasteiger partial charge in [-0.05, 0) is 55.6 Å². The van der Waals surface area contributed by atoms with Crippen LogP contribution >= 0.6 is 0 Å². The molecule has 0 spiro atoms. The quantitative estimate of drug-likeness (QED) is 0.442. The highest BCUT2D eigenvalue weighted by atomic mass is 32.2. The fourth-order valence-corrected chi connectivity index (χ4v) is 4.44. The molecule has 33 heavy (non-hydrogen) atoms. The maximum atomic E-state index is 13.8. The monoisotopic (exact) mass is 475 g/mol. The van der Waals surface area contributed by atoms with Crippen molar-refractivity contribution in [2.24, 2.45) is 0 Å². The average Bonchev–Trinajstić information content (AvgIpc) is 2.80. The van der Waals surface area contributed by atoms with Gasteiger partial charge in [0.25, 0.3) is 0 Å². The van der Waals surface area contributed by atoms with Gasteiger partial charge in [0.2, 0.25) is 0 Å². The van der Waals surface area contributed by atoms with Crippen LogP contribution in [0.3, 0.4) is 0 Å². The zero-order valence-electron chi connectivity index (χ0n) is 17.8. The van der Waals surface area contributed by atoms with E-state index in [2.05, 4.69) is 25.3 Å². The summed E-state index contributed by atoms with van der Waals surface area (Å²) in [6.45, 7) is 2.18. The second kappa shape index (κ2) is 10.3. The minimum absolute atomic E-state index is 0.0802. The van der Waals surface area contributed by atoms with Crippen LogP contribution in [0.15, 0.2) is 59.6 Å². The first-order valence-corrected chi connectivity index (χ1v) is 11.8. The summed E-state index contributed by atoms with van der Waals surface area (Å²) in [6, 6.07) is 14.3. The van der Waals surface area contributed by atoms with Crippen molar-refractivity contribution in [2.75, 3.05) is 29.7 Å². The van der Waals surface area contributed by atoms with Gasteiger partial charge in [-0.15, -0.1) is 0 Å². The Balaban J connectivity index is 1.76. The summed E-state index contributed by atoms with van der Waals surface area (Å²) in [7, 11) is -1.80. The summed E-state index contributed by atoms with van der Waals surface area (Å²) in [4.78, 5) is 8.59. The van der Waals surface area contributed by atoms with Crippen molar-refractivity contribution in [2.45, 2.75) is 30.5 Å². The van der Waals surface area contributed by atoms with Gasteiger partial charge in [-0.2, -0.15) is 13.2 Å². The maximum absolute atomic E-state index is 13.8. The van der Waals surface area contributed by atoms with Crippen LogP contribution in [0, 0.1) is 0 Å². The highest BCUT2D eigenvalue weighted by Gasteiger charge is 2.35. The maximum Gasteiger partial charge on any atom is 0.418 e. The van der Waals surface area contributed by atoms with Crippen LogP contribution in [0.4, 0.5) is 24.8 Å². The largest absolute Gasteiger partial charge is 0.418 e. The van der Waals surface area contributed by atoms with Crippen molar-refractivity contribution in [3.8, 4) is 11.3 Å². The summed E-state index contributed by atoms with van der Waals surface area (Å²) >= 11 is 0. The van der Waals surface area contributed by atoms with Crippen molar-refractivity contribution < 1.29 is 17.4 Å². The molecule has 10 heteroatoms. The van der Waals surface area contributed by atoms with E-state index in [1.165, 1.54) is 6.07 Å². The van der Waals surface area contributed by atoms with Crippen molar-refractivity contribution >= 4 is 22.6 Å². The lowest BCUT2D eigenvalue weighted by atomic mass is 9.96. The van der Waals surface area contributed by atoms with Crippen molar-refractivity contribution in [3.05, 3.63) is 65.7 Å². The van der Waals surface area contributed by atoms with E-state index in [-0.39, 0.29) is 16.5 Å². The van der Waals surface area contributed by atoms with Gasteiger partial charge in [-0.25, -0.2) is 14.2 Å². The van der Waals surface area contributed by atoms with Crippen LogP contribution in [0.1, 0.15) is 24.0 Å². The third-order valence-corrected chi connectivity index (χ3v) is 6.24. The molecule has 1 unspecified atom stereocenters. The van der Waals surface area contributed by atoms with Crippen LogP contribution in [0.5, 0.6) is 0 Å². The van der Waals surface area contributed by atoms with Gasteiger partial charge in [0.05, 0.1) is 11.3 Å². The summed E-state index contributed by atoms with van der Waals surface area (Å²) in [5, 5.41) is 6.76. The SMILES string of the molecule is O=S1Nc2ccc(C(F)(F)F)c(n2)-c2ccccc2CCCCNCCNc2cccc1n2. The first kappa shape index (κ1) is 23.2. The molecule has 1 atom stereocenters. The van der Waals surface area contributed by atoms with E-state index in [0.29, 0.717) is 24.3 Å². The highest BCUT2D eigenvalue weighted by Crippen LogP contribution is 2.38. The van der Waals surface area contributed by atoms with Crippen LogP contribution in [-0.4, -0.2) is 33.8 Å². The number of anilines is 2. The minimum atomic E-state index is -4.57. The third kappa shape index (κ3) is 5.88. The fourth-order valence-electron chi connectivity index (χ4n) is 3.65. The lowest BCUT2D eigenvalue weighted by Gasteiger charge is -2.17. The molecule has 2 aromatic heterocycles. The molecule has 0 fully saturated rings. The number of rotatable bonds is 0. The minimum Gasteiger partial charge on any atom is -0.369 e. The Morgan fingerprint density at radius 3 is 2.55 bits per heavy atom. The molecular weight excluding hydrogens is 451 g/mol. The van der Waals surface area contributed by atoms with Gasteiger partial charge in [0, 0.05) is 18.7 Å². The number of pyridine rings is 2. The number of fused-ring (bicyclic) bond motifs is 6. The smallest absolute Gasteiger partial charge is 0.369 e. The van der Waals surface area contributed by atoms with Crippen LogP contribution in [0.25, 0.3) is 11.3 Å². The number of nitrogens with one attached hydrogen (secondary N) is 3. The van der Waals surface area contributed by atoms with Crippen LogP contribution in [0.2, 0.25) is 0 Å². The van der Waals surface area contributed by atoms with Gasteiger partial charge in [0.1, 0.15) is 11.6 Å². The predicted molar refractivity (Wildman–Crippen MR) is 123 cm³/mol.